The normalized spacial score (nSPS) is 26.2. The number of hydrogen-bond acceptors (Lipinski definition) is 4. The van der Waals surface area contributed by atoms with Gasteiger partial charge >= 0.3 is 0 Å². The molecular formula is C20H27N3O. The van der Waals surface area contributed by atoms with Gasteiger partial charge in [-0.3, -0.25) is 4.99 Å². The third-order valence-electron chi connectivity index (χ3n) is 5.57. The van der Waals surface area contributed by atoms with E-state index in [9.17, 15) is 0 Å². The van der Waals surface area contributed by atoms with Crippen LogP contribution in [0.25, 0.3) is 0 Å². The Morgan fingerprint density at radius 3 is 3.17 bits per heavy atom. The van der Waals surface area contributed by atoms with Crippen LogP contribution in [0.2, 0.25) is 0 Å². The van der Waals surface area contributed by atoms with Gasteiger partial charge in [0.15, 0.2) is 0 Å². The van der Waals surface area contributed by atoms with E-state index in [1.54, 1.807) is 0 Å². The van der Waals surface area contributed by atoms with Crippen molar-refractivity contribution < 1.29 is 4.52 Å². The van der Waals surface area contributed by atoms with Gasteiger partial charge in [0, 0.05) is 48.1 Å². The second-order valence-electron chi connectivity index (χ2n) is 7.48. The summed E-state index contributed by atoms with van der Waals surface area (Å²) in [7, 11) is 0. The molecule has 0 fully saturated rings. The standard InChI is InChI=1S/C20H27N3O/c1-3-4-5-15-9-16-11-18(10-15)21-14(2)8-20(16)23-7-6-19-17(12-23)13-24-22-19/h8,10,13,15-16H,3-7,9,11-12H2,1-2H3. The van der Waals surface area contributed by atoms with Crippen LogP contribution in [0.1, 0.15) is 57.2 Å². The van der Waals surface area contributed by atoms with Crippen molar-refractivity contribution in [2.24, 2.45) is 16.8 Å². The van der Waals surface area contributed by atoms with Crippen LogP contribution in [0.3, 0.4) is 0 Å². The predicted molar refractivity (Wildman–Crippen MR) is 95.6 cm³/mol. The van der Waals surface area contributed by atoms with Gasteiger partial charge in [0.25, 0.3) is 0 Å². The molecule has 24 heavy (non-hydrogen) atoms. The lowest BCUT2D eigenvalue weighted by molar-refractivity contribution is 0.259. The molecule has 2 bridgehead atoms. The summed E-state index contributed by atoms with van der Waals surface area (Å²) in [5.41, 5.74) is 6.31. The van der Waals surface area contributed by atoms with Crippen molar-refractivity contribution in [1.82, 2.24) is 10.1 Å². The van der Waals surface area contributed by atoms with E-state index in [2.05, 4.69) is 36.1 Å². The smallest absolute Gasteiger partial charge is 0.129 e. The Bertz CT molecular complexity index is 697. The van der Waals surface area contributed by atoms with Gasteiger partial charge < -0.3 is 9.42 Å². The molecule has 0 aromatic carbocycles. The molecule has 0 saturated carbocycles. The fourth-order valence-electron chi connectivity index (χ4n) is 4.39. The summed E-state index contributed by atoms with van der Waals surface area (Å²) in [5.74, 6) is 1.29. The molecule has 0 radical (unpaired) electrons. The summed E-state index contributed by atoms with van der Waals surface area (Å²) in [6.07, 6.45) is 13.8. The van der Waals surface area contributed by atoms with E-state index in [0.29, 0.717) is 11.8 Å². The summed E-state index contributed by atoms with van der Waals surface area (Å²) >= 11 is 0. The first-order valence-electron chi connectivity index (χ1n) is 9.37. The largest absolute Gasteiger partial charge is 0.370 e. The monoisotopic (exact) mass is 325 g/mol. The van der Waals surface area contributed by atoms with Crippen LogP contribution in [0.15, 0.2) is 39.3 Å². The van der Waals surface area contributed by atoms with Crippen LogP contribution < -0.4 is 0 Å². The molecule has 0 amide bonds. The van der Waals surface area contributed by atoms with Crippen molar-refractivity contribution >= 4 is 5.71 Å². The van der Waals surface area contributed by atoms with E-state index >= 15 is 0 Å². The van der Waals surface area contributed by atoms with Crippen LogP contribution >= 0.6 is 0 Å². The zero-order valence-corrected chi connectivity index (χ0v) is 14.8. The van der Waals surface area contributed by atoms with Gasteiger partial charge in [-0.05, 0) is 38.2 Å². The second-order valence-corrected chi connectivity index (χ2v) is 7.48. The van der Waals surface area contributed by atoms with Gasteiger partial charge in [0.2, 0.25) is 0 Å². The first-order valence-corrected chi connectivity index (χ1v) is 9.37. The highest BCUT2D eigenvalue weighted by Gasteiger charge is 2.31. The van der Waals surface area contributed by atoms with Gasteiger partial charge in [-0.25, -0.2) is 0 Å². The van der Waals surface area contributed by atoms with E-state index < -0.39 is 0 Å². The second kappa shape index (κ2) is 6.58. The fourth-order valence-corrected chi connectivity index (χ4v) is 4.39. The Labute approximate surface area is 144 Å². The van der Waals surface area contributed by atoms with Crippen molar-refractivity contribution in [2.75, 3.05) is 6.54 Å². The maximum Gasteiger partial charge on any atom is 0.129 e. The number of aliphatic imine (C=N–C) groups is 1. The highest BCUT2D eigenvalue weighted by atomic mass is 16.5. The molecule has 4 nitrogen and oxygen atoms in total. The molecule has 2 atom stereocenters. The van der Waals surface area contributed by atoms with E-state index in [-0.39, 0.29) is 0 Å². The quantitative estimate of drug-likeness (QED) is 0.819. The number of unbranched alkanes of at least 4 members (excludes halogenated alkanes) is 1. The van der Waals surface area contributed by atoms with Gasteiger partial charge in [-0.1, -0.05) is 31.0 Å². The summed E-state index contributed by atoms with van der Waals surface area (Å²) in [4.78, 5) is 7.41. The van der Waals surface area contributed by atoms with E-state index in [1.165, 1.54) is 42.6 Å². The molecule has 4 rings (SSSR count). The number of fused-ring (bicyclic) bond motifs is 3. The SMILES string of the molecule is CCCCC1C=C2CC(C1)C(N1CCc3nocc3C1)=CC(C)=N2. The molecular weight excluding hydrogens is 298 g/mol. The number of nitrogens with zero attached hydrogens (tertiary/aromatic N) is 3. The Morgan fingerprint density at radius 2 is 2.29 bits per heavy atom. The summed E-state index contributed by atoms with van der Waals surface area (Å²) in [5, 5.41) is 4.12. The van der Waals surface area contributed by atoms with Gasteiger partial charge in [0.05, 0.1) is 5.69 Å². The summed E-state index contributed by atoms with van der Waals surface area (Å²) < 4.78 is 5.16. The average molecular weight is 325 g/mol. The average Bonchev–Trinajstić information content (AvgIpc) is 3.01. The van der Waals surface area contributed by atoms with Crippen LogP contribution in [0, 0.1) is 11.8 Å². The van der Waals surface area contributed by atoms with Crippen molar-refractivity contribution in [3.05, 3.63) is 41.1 Å². The minimum atomic E-state index is 0.606. The number of rotatable bonds is 4. The van der Waals surface area contributed by atoms with Crippen LogP contribution in [-0.2, 0) is 13.0 Å². The first kappa shape index (κ1) is 15.7. The van der Waals surface area contributed by atoms with E-state index in [1.807, 2.05) is 6.26 Å². The molecule has 4 heteroatoms. The number of aromatic nitrogens is 1. The summed E-state index contributed by atoms with van der Waals surface area (Å²) in [6, 6.07) is 0. The van der Waals surface area contributed by atoms with Crippen molar-refractivity contribution in [3.8, 4) is 0 Å². The summed E-state index contributed by atoms with van der Waals surface area (Å²) in [6.45, 7) is 6.37. The lowest BCUT2D eigenvalue weighted by Crippen LogP contribution is -2.34. The highest BCUT2D eigenvalue weighted by Crippen LogP contribution is 2.40. The third kappa shape index (κ3) is 3.06. The molecule has 1 aromatic rings. The van der Waals surface area contributed by atoms with Gasteiger partial charge in [-0.15, -0.1) is 0 Å². The Kier molecular flexibility index (Phi) is 4.30. The van der Waals surface area contributed by atoms with Crippen LogP contribution in [0.4, 0.5) is 0 Å². The lowest BCUT2D eigenvalue weighted by Gasteiger charge is -2.36. The number of allylic oxidation sites excluding steroid dienone is 4. The molecule has 1 aromatic heterocycles. The molecule has 1 aliphatic carbocycles. The van der Waals surface area contributed by atoms with E-state index in [4.69, 9.17) is 9.52 Å². The molecule has 2 aliphatic heterocycles. The molecule has 3 heterocycles. The molecule has 3 aliphatic rings. The maximum absolute atomic E-state index is 5.16. The van der Waals surface area contributed by atoms with Gasteiger partial charge in [0.1, 0.15) is 6.26 Å². The van der Waals surface area contributed by atoms with Crippen LogP contribution in [0.5, 0.6) is 0 Å². The van der Waals surface area contributed by atoms with Gasteiger partial charge in [-0.2, -0.15) is 0 Å². The maximum atomic E-state index is 5.16. The predicted octanol–water partition coefficient (Wildman–Crippen LogP) is 4.49. The minimum absolute atomic E-state index is 0.606. The lowest BCUT2D eigenvalue weighted by atomic mass is 9.80. The third-order valence-corrected chi connectivity index (χ3v) is 5.57. The molecule has 0 saturated heterocycles. The zero-order valence-electron chi connectivity index (χ0n) is 14.8. The van der Waals surface area contributed by atoms with E-state index in [0.717, 1.165) is 37.3 Å². The molecule has 0 N–H and O–H groups in total. The Hall–Kier alpha value is -1.84. The molecule has 128 valence electrons. The Morgan fingerprint density at radius 1 is 1.38 bits per heavy atom. The topological polar surface area (TPSA) is 41.6 Å². The van der Waals surface area contributed by atoms with Crippen LogP contribution in [-0.4, -0.2) is 22.3 Å². The van der Waals surface area contributed by atoms with Crippen molar-refractivity contribution in [3.63, 3.8) is 0 Å². The zero-order chi connectivity index (χ0) is 16.5. The first-order chi connectivity index (χ1) is 11.7. The van der Waals surface area contributed by atoms with Crippen molar-refractivity contribution in [2.45, 2.75) is 58.9 Å². The molecule has 2 unspecified atom stereocenters. The molecule has 0 spiro atoms. The Balaban J connectivity index is 1.58. The minimum Gasteiger partial charge on any atom is -0.370 e. The number of hydrogen-bond donors (Lipinski definition) is 0. The van der Waals surface area contributed by atoms with Crippen molar-refractivity contribution in [1.29, 1.82) is 0 Å². The fraction of sp³-hybridized carbons (Fsp3) is 0.600. The highest BCUT2D eigenvalue weighted by molar-refractivity contribution is 5.94.